The van der Waals surface area contributed by atoms with Gasteiger partial charge in [-0.3, -0.25) is 4.90 Å². The lowest BCUT2D eigenvalue weighted by atomic mass is 9.96. The molecule has 1 aliphatic heterocycles. The van der Waals surface area contributed by atoms with E-state index in [9.17, 15) is 17.6 Å². The molecule has 7 heteroatoms. The Bertz CT molecular complexity index is 525. The lowest BCUT2D eigenvalue weighted by Crippen LogP contribution is -2.45. The van der Waals surface area contributed by atoms with Crippen LogP contribution in [0.3, 0.4) is 0 Å². The minimum Gasteiger partial charge on any atom is -0.314 e. The molecule has 1 aliphatic carbocycles. The molecule has 0 spiro atoms. The van der Waals surface area contributed by atoms with Crippen molar-refractivity contribution in [3.05, 3.63) is 35.1 Å². The van der Waals surface area contributed by atoms with Gasteiger partial charge in [-0.2, -0.15) is 13.2 Å². The maximum atomic E-state index is 13.7. The summed E-state index contributed by atoms with van der Waals surface area (Å²) in [7, 11) is 0. The highest BCUT2D eigenvalue weighted by Crippen LogP contribution is 2.41. The second-order valence-corrected chi connectivity index (χ2v) is 6.25. The Kier molecular flexibility index (Phi) is 5.92. The van der Waals surface area contributed by atoms with Crippen LogP contribution < -0.4 is 5.32 Å². The van der Waals surface area contributed by atoms with E-state index in [0.717, 1.165) is 51.5 Å². The molecule has 2 fully saturated rings. The lowest BCUT2D eigenvalue weighted by Gasteiger charge is -2.35. The summed E-state index contributed by atoms with van der Waals surface area (Å²) < 4.78 is 52.5. The number of nitrogens with one attached hydrogen (secondary N) is 1. The zero-order chi connectivity index (χ0) is 15.7. The molecule has 1 atom stereocenters. The van der Waals surface area contributed by atoms with Crippen LogP contribution in [0, 0.1) is 11.7 Å². The fourth-order valence-corrected chi connectivity index (χ4v) is 3.13. The Hall–Kier alpha value is -0.850. The number of hydrogen-bond donors (Lipinski definition) is 1. The Balaban J connectivity index is 0.00000192. The molecular formula is C16H21ClF4N2. The van der Waals surface area contributed by atoms with Crippen molar-refractivity contribution in [3.63, 3.8) is 0 Å². The van der Waals surface area contributed by atoms with Crippen LogP contribution in [0.1, 0.15) is 36.4 Å². The van der Waals surface area contributed by atoms with Gasteiger partial charge in [0.1, 0.15) is 5.82 Å². The SMILES string of the molecule is Cl.Fc1cc([C@H](CC2CC2)N2CCNCC2)cc(C(F)(F)F)c1. The minimum absolute atomic E-state index is 0. The molecule has 0 amide bonds. The van der Waals surface area contributed by atoms with Crippen LogP contribution in [0.15, 0.2) is 18.2 Å². The lowest BCUT2D eigenvalue weighted by molar-refractivity contribution is -0.137. The first-order valence-electron chi connectivity index (χ1n) is 7.76. The van der Waals surface area contributed by atoms with Gasteiger partial charge in [-0.15, -0.1) is 12.4 Å². The Morgan fingerprint density at radius 3 is 2.35 bits per heavy atom. The van der Waals surface area contributed by atoms with Gasteiger partial charge in [-0.25, -0.2) is 4.39 Å². The molecule has 2 aliphatic rings. The molecule has 1 aromatic carbocycles. The molecule has 2 nitrogen and oxygen atoms in total. The molecule has 0 bridgehead atoms. The predicted octanol–water partition coefficient (Wildman–Crippen LogP) is 4.01. The van der Waals surface area contributed by atoms with Gasteiger partial charge in [-0.05, 0) is 36.1 Å². The van der Waals surface area contributed by atoms with Gasteiger partial charge in [0.2, 0.25) is 0 Å². The van der Waals surface area contributed by atoms with Gasteiger partial charge >= 0.3 is 6.18 Å². The number of halogens is 5. The summed E-state index contributed by atoms with van der Waals surface area (Å²) in [5, 5.41) is 3.24. The highest BCUT2D eigenvalue weighted by molar-refractivity contribution is 5.85. The highest BCUT2D eigenvalue weighted by Gasteiger charge is 2.34. The van der Waals surface area contributed by atoms with Crippen molar-refractivity contribution in [1.29, 1.82) is 0 Å². The summed E-state index contributed by atoms with van der Waals surface area (Å²) in [5.74, 6) is -0.238. The van der Waals surface area contributed by atoms with E-state index in [1.54, 1.807) is 0 Å². The van der Waals surface area contributed by atoms with Crippen molar-refractivity contribution in [3.8, 4) is 0 Å². The van der Waals surface area contributed by atoms with Crippen LogP contribution in [-0.4, -0.2) is 31.1 Å². The summed E-state index contributed by atoms with van der Waals surface area (Å²) >= 11 is 0. The third-order valence-electron chi connectivity index (χ3n) is 4.48. The molecule has 1 aromatic rings. The summed E-state index contributed by atoms with van der Waals surface area (Å²) in [6.07, 6.45) is -1.43. The molecule has 1 heterocycles. The second-order valence-electron chi connectivity index (χ2n) is 6.25. The van der Waals surface area contributed by atoms with E-state index < -0.39 is 17.6 Å². The smallest absolute Gasteiger partial charge is 0.314 e. The van der Waals surface area contributed by atoms with E-state index in [2.05, 4.69) is 10.2 Å². The maximum absolute atomic E-state index is 13.7. The number of hydrogen-bond acceptors (Lipinski definition) is 2. The first kappa shape index (κ1) is 18.5. The number of rotatable bonds is 4. The van der Waals surface area contributed by atoms with Crippen LogP contribution >= 0.6 is 12.4 Å². The van der Waals surface area contributed by atoms with Crippen LogP contribution in [0.4, 0.5) is 17.6 Å². The molecule has 1 saturated heterocycles. The third-order valence-corrected chi connectivity index (χ3v) is 4.48. The summed E-state index contributed by atoms with van der Waals surface area (Å²) in [5.41, 5.74) is -0.431. The molecule has 0 radical (unpaired) electrons. The Morgan fingerprint density at radius 2 is 1.78 bits per heavy atom. The largest absolute Gasteiger partial charge is 0.416 e. The van der Waals surface area contributed by atoms with E-state index in [0.29, 0.717) is 17.5 Å². The molecule has 1 N–H and O–H groups in total. The van der Waals surface area contributed by atoms with Gasteiger partial charge in [0.15, 0.2) is 0 Å². The quantitative estimate of drug-likeness (QED) is 0.824. The molecule has 1 saturated carbocycles. The van der Waals surface area contributed by atoms with Crippen molar-refractivity contribution < 1.29 is 17.6 Å². The maximum Gasteiger partial charge on any atom is 0.416 e. The van der Waals surface area contributed by atoms with Gasteiger partial charge in [-0.1, -0.05) is 12.8 Å². The molecule has 3 rings (SSSR count). The fraction of sp³-hybridized carbons (Fsp3) is 0.625. The number of alkyl halides is 3. The fourth-order valence-electron chi connectivity index (χ4n) is 3.13. The van der Waals surface area contributed by atoms with Crippen LogP contribution in [0.2, 0.25) is 0 Å². The van der Waals surface area contributed by atoms with Gasteiger partial charge < -0.3 is 5.32 Å². The highest BCUT2D eigenvalue weighted by atomic mass is 35.5. The van der Waals surface area contributed by atoms with Gasteiger partial charge in [0.25, 0.3) is 0 Å². The average Bonchev–Trinajstić information content (AvgIpc) is 3.28. The predicted molar refractivity (Wildman–Crippen MR) is 83.2 cm³/mol. The van der Waals surface area contributed by atoms with E-state index in [1.807, 2.05) is 0 Å². The molecule has 0 aromatic heterocycles. The standard InChI is InChI=1S/C16H20F4N2.ClH/c17-14-9-12(8-13(10-14)16(18,19)20)15(7-11-1-2-11)22-5-3-21-4-6-22;/h8-11,15,21H,1-7H2;1H/t15-;/m0./s1. The Morgan fingerprint density at radius 1 is 1.13 bits per heavy atom. The van der Waals surface area contributed by atoms with Crippen molar-refractivity contribution in [2.24, 2.45) is 5.92 Å². The molecule has 23 heavy (non-hydrogen) atoms. The topological polar surface area (TPSA) is 15.3 Å². The van der Waals surface area contributed by atoms with Crippen molar-refractivity contribution in [2.45, 2.75) is 31.5 Å². The van der Waals surface area contributed by atoms with Crippen LogP contribution in [0.25, 0.3) is 0 Å². The third kappa shape index (κ3) is 4.81. The molecule has 0 unspecified atom stereocenters. The normalized spacial score (nSPS) is 20.9. The zero-order valence-corrected chi connectivity index (χ0v) is 13.5. The van der Waals surface area contributed by atoms with E-state index in [-0.39, 0.29) is 18.4 Å². The first-order valence-corrected chi connectivity index (χ1v) is 7.76. The summed E-state index contributed by atoms with van der Waals surface area (Å²) in [4.78, 5) is 2.18. The van der Waals surface area contributed by atoms with Gasteiger partial charge in [0, 0.05) is 32.2 Å². The van der Waals surface area contributed by atoms with E-state index in [1.165, 1.54) is 6.07 Å². The van der Waals surface area contributed by atoms with Gasteiger partial charge in [0.05, 0.1) is 5.56 Å². The van der Waals surface area contributed by atoms with Crippen LogP contribution in [0.5, 0.6) is 0 Å². The average molecular weight is 353 g/mol. The van der Waals surface area contributed by atoms with E-state index in [4.69, 9.17) is 0 Å². The summed E-state index contributed by atoms with van der Waals surface area (Å²) in [6.45, 7) is 3.22. The summed E-state index contributed by atoms with van der Waals surface area (Å²) in [6, 6.07) is 2.85. The number of nitrogens with zero attached hydrogens (tertiary/aromatic N) is 1. The minimum atomic E-state index is -4.51. The molecular weight excluding hydrogens is 332 g/mol. The van der Waals surface area contributed by atoms with Crippen LogP contribution in [-0.2, 0) is 6.18 Å². The first-order chi connectivity index (χ1) is 10.4. The zero-order valence-electron chi connectivity index (χ0n) is 12.7. The Labute approximate surface area is 139 Å². The van der Waals surface area contributed by atoms with Crippen molar-refractivity contribution in [2.75, 3.05) is 26.2 Å². The number of benzene rings is 1. The van der Waals surface area contributed by atoms with Crippen molar-refractivity contribution >= 4 is 12.4 Å². The second kappa shape index (κ2) is 7.36. The van der Waals surface area contributed by atoms with E-state index >= 15 is 0 Å². The van der Waals surface area contributed by atoms with Crippen molar-refractivity contribution in [1.82, 2.24) is 10.2 Å². The molecule has 130 valence electrons. The number of piperazine rings is 1. The monoisotopic (exact) mass is 352 g/mol.